The predicted octanol–water partition coefficient (Wildman–Crippen LogP) is 4.89. The van der Waals surface area contributed by atoms with Gasteiger partial charge in [-0.05, 0) is 70.0 Å². The minimum atomic E-state index is -0.189. The van der Waals surface area contributed by atoms with Crippen LogP contribution in [0.25, 0.3) is 0 Å². The van der Waals surface area contributed by atoms with Crippen LogP contribution in [0.1, 0.15) is 30.5 Å². The number of benzene rings is 2. The molecule has 0 saturated heterocycles. The monoisotopic (exact) mass is 311 g/mol. The number of carbonyl (C=O) groups is 1. The van der Waals surface area contributed by atoms with Crippen LogP contribution in [0.3, 0.4) is 0 Å². The molecule has 0 aliphatic carbocycles. The van der Waals surface area contributed by atoms with Gasteiger partial charge in [0.15, 0.2) is 0 Å². The molecule has 4 nitrogen and oxygen atoms in total. The SMILES string of the molecule is Cc1cc(C)c(Nc2ccc(NC(=O)NC(C)C)cc2)c(C)c1. The summed E-state index contributed by atoms with van der Waals surface area (Å²) in [6, 6.07) is 12.0. The molecule has 0 heterocycles. The molecule has 0 saturated carbocycles. The molecule has 23 heavy (non-hydrogen) atoms. The highest BCUT2D eigenvalue weighted by Gasteiger charge is 2.06. The molecule has 3 N–H and O–H groups in total. The van der Waals surface area contributed by atoms with E-state index in [0.29, 0.717) is 0 Å². The van der Waals surface area contributed by atoms with Crippen LogP contribution in [0.15, 0.2) is 36.4 Å². The molecule has 2 aromatic rings. The standard InChI is InChI=1S/C19H25N3O/c1-12(2)20-19(23)22-17-8-6-16(7-9-17)21-18-14(4)10-13(3)11-15(18)5/h6-12,21H,1-5H3,(H2,20,22,23). The summed E-state index contributed by atoms with van der Waals surface area (Å²) >= 11 is 0. The Morgan fingerprint density at radius 2 is 1.43 bits per heavy atom. The summed E-state index contributed by atoms with van der Waals surface area (Å²) in [5.74, 6) is 0. The molecular formula is C19H25N3O. The van der Waals surface area contributed by atoms with Gasteiger partial charge in [-0.2, -0.15) is 0 Å². The minimum Gasteiger partial charge on any atom is -0.355 e. The Bertz CT molecular complexity index is 667. The third kappa shape index (κ3) is 4.74. The molecule has 2 rings (SSSR count). The Kier molecular flexibility index (Phi) is 5.27. The zero-order chi connectivity index (χ0) is 17.0. The molecule has 0 fully saturated rings. The highest BCUT2D eigenvalue weighted by atomic mass is 16.2. The van der Waals surface area contributed by atoms with Gasteiger partial charge in [0.25, 0.3) is 0 Å². The van der Waals surface area contributed by atoms with E-state index in [-0.39, 0.29) is 12.1 Å². The van der Waals surface area contributed by atoms with E-state index in [1.165, 1.54) is 16.7 Å². The second-order valence-corrected chi connectivity index (χ2v) is 6.23. The van der Waals surface area contributed by atoms with Gasteiger partial charge in [-0.3, -0.25) is 0 Å². The lowest BCUT2D eigenvalue weighted by Gasteiger charge is -2.15. The second-order valence-electron chi connectivity index (χ2n) is 6.23. The van der Waals surface area contributed by atoms with Crippen molar-refractivity contribution in [2.45, 2.75) is 40.7 Å². The molecule has 4 heteroatoms. The minimum absolute atomic E-state index is 0.114. The molecule has 0 atom stereocenters. The van der Waals surface area contributed by atoms with E-state index < -0.39 is 0 Å². The van der Waals surface area contributed by atoms with Crippen molar-refractivity contribution in [3.63, 3.8) is 0 Å². The Labute approximate surface area is 138 Å². The number of rotatable bonds is 4. The van der Waals surface area contributed by atoms with Crippen molar-refractivity contribution in [1.29, 1.82) is 0 Å². The summed E-state index contributed by atoms with van der Waals surface area (Å²) in [6.07, 6.45) is 0. The zero-order valence-electron chi connectivity index (χ0n) is 14.4. The fourth-order valence-electron chi connectivity index (χ4n) is 2.59. The molecule has 0 aliphatic heterocycles. The highest BCUT2D eigenvalue weighted by molar-refractivity contribution is 5.89. The second kappa shape index (κ2) is 7.18. The van der Waals surface area contributed by atoms with Crippen molar-refractivity contribution < 1.29 is 4.79 Å². The van der Waals surface area contributed by atoms with Crippen LogP contribution in [0.5, 0.6) is 0 Å². The van der Waals surface area contributed by atoms with Crippen LogP contribution in [-0.4, -0.2) is 12.1 Å². The average Bonchev–Trinajstić information content (AvgIpc) is 2.43. The number of urea groups is 1. The summed E-state index contributed by atoms with van der Waals surface area (Å²) in [7, 11) is 0. The lowest BCUT2D eigenvalue weighted by atomic mass is 10.0. The van der Waals surface area contributed by atoms with E-state index in [4.69, 9.17) is 0 Å². The van der Waals surface area contributed by atoms with Crippen LogP contribution in [-0.2, 0) is 0 Å². The normalized spacial score (nSPS) is 10.5. The van der Waals surface area contributed by atoms with Gasteiger partial charge in [-0.15, -0.1) is 0 Å². The third-order valence-corrected chi connectivity index (χ3v) is 3.51. The number of nitrogens with one attached hydrogen (secondary N) is 3. The van der Waals surface area contributed by atoms with E-state index in [1.54, 1.807) is 0 Å². The van der Waals surface area contributed by atoms with Crippen LogP contribution >= 0.6 is 0 Å². The van der Waals surface area contributed by atoms with Crippen molar-refractivity contribution in [1.82, 2.24) is 5.32 Å². The van der Waals surface area contributed by atoms with E-state index in [2.05, 4.69) is 48.9 Å². The van der Waals surface area contributed by atoms with Gasteiger partial charge in [0.2, 0.25) is 0 Å². The predicted molar refractivity (Wildman–Crippen MR) is 97.7 cm³/mol. The van der Waals surface area contributed by atoms with Gasteiger partial charge < -0.3 is 16.0 Å². The van der Waals surface area contributed by atoms with Gasteiger partial charge >= 0.3 is 6.03 Å². The number of anilines is 3. The first-order chi connectivity index (χ1) is 10.8. The fourth-order valence-corrected chi connectivity index (χ4v) is 2.59. The smallest absolute Gasteiger partial charge is 0.319 e. The van der Waals surface area contributed by atoms with E-state index in [1.807, 2.05) is 38.1 Å². The summed E-state index contributed by atoms with van der Waals surface area (Å²) in [6.45, 7) is 10.2. The molecule has 0 unspecified atom stereocenters. The Morgan fingerprint density at radius 1 is 0.913 bits per heavy atom. The Balaban J connectivity index is 2.07. The van der Waals surface area contributed by atoms with Crippen molar-refractivity contribution in [2.24, 2.45) is 0 Å². The van der Waals surface area contributed by atoms with Gasteiger partial charge in [0, 0.05) is 23.1 Å². The molecule has 2 aromatic carbocycles. The van der Waals surface area contributed by atoms with Crippen molar-refractivity contribution in [3.8, 4) is 0 Å². The zero-order valence-corrected chi connectivity index (χ0v) is 14.4. The first-order valence-electron chi connectivity index (χ1n) is 7.87. The maximum Gasteiger partial charge on any atom is 0.319 e. The summed E-state index contributed by atoms with van der Waals surface area (Å²) in [5, 5.41) is 9.07. The maximum absolute atomic E-state index is 11.7. The quantitative estimate of drug-likeness (QED) is 0.753. The Hall–Kier alpha value is -2.49. The fraction of sp³-hybridized carbons (Fsp3) is 0.316. The number of hydrogen-bond acceptors (Lipinski definition) is 2. The molecule has 0 aromatic heterocycles. The molecule has 0 bridgehead atoms. The summed E-state index contributed by atoms with van der Waals surface area (Å²) < 4.78 is 0. The van der Waals surface area contributed by atoms with Crippen molar-refractivity contribution in [2.75, 3.05) is 10.6 Å². The lowest BCUT2D eigenvalue weighted by Crippen LogP contribution is -2.34. The van der Waals surface area contributed by atoms with E-state index in [9.17, 15) is 4.79 Å². The first-order valence-corrected chi connectivity index (χ1v) is 7.87. The number of aryl methyl sites for hydroxylation is 3. The first kappa shape index (κ1) is 16.9. The van der Waals surface area contributed by atoms with E-state index in [0.717, 1.165) is 17.1 Å². The molecule has 122 valence electrons. The van der Waals surface area contributed by atoms with Crippen LogP contribution in [0.4, 0.5) is 21.9 Å². The van der Waals surface area contributed by atoms with Crippen molar-refractivity contribution >= 4 is 23.1 Å². The number of carbonyl (C=O) groups excluding carboxylic acids is 1. The highest BCUT2D eigenvalue weighted by Crippen LogP contribution is 2.26. The van der Waals surface area contributed by atoms with Crippen LogP contribution in [0, 0.1) is 20.8 Å². The molecule has 0 radical (unpaired) electrons. The van der Waals surface area contributed by atoms with Gasteiger partial charge in [-0.25, -0.2) is 4.79 Å². The number of hydrogen-bond donors (Lipinski definition) is 3. The topological polar surface area (TPSA) is 53.2 Å². The largest absolute Gasteiger partial charge is 0.355 e. The van der Waals surface area contributed by atoms with Gasteiger partial charge in [0.05, 0.1) is 0 Å². The van der Waals surface area contributed by atoms with E-state index >= 15 is 0 Å². The third-order valence-electron chi connectivity index (χ3n) is 3.51. The molecular weight excluding hydrogens is 286 g/mol. The summed E-state index contributed by atoms with van der Waals surface area (Å²) in [5.41, 5.74) is 6.61. The molecule has 2 amide bonds. The van der Waals surface area contributed by atoms with Crippen LogP contribution in [0.2, 0.25) is 0 Å². The molecule has 0 aliphatic rings. The molecule has 0 spiro atoms. The maximum atomic E-state index is 11.7. The Morgan fingerprint density at radius 3 is 1.96 bits per heavy atom. The van der Waals surface area contributed by atoms with Gasteiger partial charge in [-0.1, -0.05) is 17.7 Å². The summed E-state index contributed by atoms with van der Waals surface area (Å²) in [4.78, 5) is 11.7. The average molecular weight is 311 g/mol. The van der Waals surface area contributed by atoms with Gasteiger partial charge in [0.1, 0.15) is 0 Å². The lowest BCUT2D eigenvalue weighted by molar-refractivity contribution is 0.250. The number of amides is 2. The van der Waals surface area contributed by atoms with Crippen LogP contribution < -0.4 is 16.0 Å². The van der Waals surface area contributed by atoms with Crippen molar-refractivity contribution in [3.05, 3.63) is 53.1 Å².